The Balaban J connectivity index is 1.77. The largest absolute Gasteiger partial charge is 0.303 e. The maximum absolute atomic E-state index is 12.7. The van der Waals surface area contributed by atoms with Crippen LogP contribution in [0.15, 0.2) is 41.9 Å². The minimum atomic E-state index is -0.0947. The highest BCUT2D eigenvalue weighted by atomic mass is 32.1. The van der Waals surface area contributed by atoms with Crippen molar-refractivity contribution in [3.8, 4) is 11.3 Å². The molecule has 6 heteroatoms. The molecule has 0 spiro atoms. The van der Waals surface area contributed by atoms with Crippen molar-refractivity contribution in [2.24, 2.45) is 0 Å². The maximum atomic E-state index is 12.7. The molecule has 4 rings (SSSR count). The molecule has 0 fully saturated rings. The van der Waals surface area contributed by atoms with E-state index < -0.39 is 0 Å². The molecule has 142 valence electrons. The van der Waals surface area contributed by atoms with Gasteiger partial charge in [0.15, 0.2) is 5.13 Å². The van der Waals surface area contributed by atoms with Crippen LogP contribution in [0.25, 0.3) is 16.9 Å². The maximum Gasteiger partial charge on any atom is 0.232 e. The summed E-state index contributed by atoms with van der Waals surface area (Å²) >= 11 is 1.44. The third-order valence-corrected chi connectivity index (χ3v) is 5.79. The summed E-state index contributed by atoms with van der Waals surface area (Å²) < 4.78 is 2.02. The molecule has 0 aliphatic carbocycles. The number of nitrogens with zero attached hydrogens (tertiary/aromatic N) is 3. The lowest BCUT2D eigenvalue weighted by Gasteiger charge is -2.07. The number of rotatable bonds is 4. The van der Waals surface area contributed by atoms with Crippen molar-refractivity contribution in [1.29, 1.82) is 0 Å². The lowest BCUT2D eigenvalue weighted by Crippen LogP contribution is -2.16. The number of carbonyl (C=O) groups excluding carboxylic acids is 1. The first-order valence-electron chi connectivity index (χ1n) is 9.18. The average molecular weight is 391 g/mol. The summed E-state index contributed by atoms with van der Waals surface area (Å²) in [4.78, 5) is 21.9. The van der Waals surface area contributed by atoms with Crippen LogP contribution in [0.3, 0.4) is 0 Å². The van der Waals surface area contributed by atoms with E-state index in [4.69, 9.17) is 4.98 Å². The standard InChI is InChI=1S/C22H22N4OS/c1-13-7-8-17(10-15(13)3)20-18(26-9-5-6-14(2)21(26)25-20)11-19(27)24-22-23-16(4)12-28-22/h5-10,12H,11H2,1-4H3,(H,23,24,27). The van der Waals surface area contributed by atoms with Crippen LogP contribution in [-0.2, 0) is 11.2 Å². The van der Waals surface area contributed by atoms with Crippen LogP contribution in [0, 0.1) is 27.7 Å². The normalized spacial score (nSPS) is 11.1. The summed E-state index contributed by atoms with van der Waals surface area (Å²) in [5, 5.41) is 5.46. The highest BCUT2D eigenvalue weighted by Gasteiger charge is 2.19. The first-order valence-corrected chi connectivity index (χ1v) is 10.1. The molecule has 0 bridgehead atoms. The number of anilines is 1. The van der Waals surface area contributed by atoms with Crippen LogP contribution in [0.5, 0.6) is 0 Å². The fraction of sp³-hybridized carbons (Fsp3) is 0.227. The molecule has 0 saturated carbocycles. The Morgan fingerprint density at radius 3 is 2.61 bits per heavy atom. The van der Waals surface area contributed by atoms with E-state index in [0.717, 1.165) is 33.9 Å². The zero-order chi connectivity index (χ0) is 19.8. The van der Waals surface area contributed by atoms with E-state index in [1.54, 1.807) is 0 Å². The zero-order valence-electron chi connectivity index (χ0n) is 16.4. The van der Waals surface area contributed by atoms with E-state index in [1.807, 2.05) is 42.0 Å². The Morgan fingerprint density at radius 1 is 1.07 bits per heavy atom. The number of benzene rings is 1. The number of imidazole rings is 1. The van der Waals surface area contributed by atoms with E-state index in [0.29, 0.717) is 5.13 Å². The van der Waals surface area contributed by atoms with Crippen molar-refractivity contribution < 1.29 is 4.79 Å². The second kappa shape index (κ2) is 7.20. The van der Waals surface area contributed by atoms with Crippen LogP contribution >= 0.6 is 11.3 Å². The van der Waals surface area contributed by atoms with Gasteiger partial charge in [-0.2, -0.15) is 0 Å². The third-order valence-electron chi connectivity index (χ3n) is 4.92. The number of pyridine rings is 1. The van der Waals surface area contributed by atoms with Crippen LogP contribution in [0.2, 0.25) is 0 Å². The molecule has 0 radical (unpaired) electrons. The van der Waals surface area contributed by atoms with Crippen LogP contribution in [-0.4, -0.2) is 20.3 Å². The van der Waals surface area contributed by atoms with Gasteiger partial charge in [0.1, 0.15) is 5.65 Å². The van der Waals surface area contributed by atoms with E-state index in [9.17, 15) is 4.79 Å². The number of fused-ring (bicyclic) bond motifs is 1. The lowest BCUT2D eigenvalue weighted by molar-refractivity contribution is -0.115. The van der Waals surface area contributed by atoms with Gasteiger partial charge in [-0.05, 0) is 56.5 Å². The number of hydrogen-bond donors (Lipinski definition) is 1. The van der Waals surface area contributed by atoms with Gasteiger partial charge >= 0.3 is 0 Å². The SMILES string of the molecule is Cc1csc(NC(=O)Cc2c(-c3ccc(C)c(C)c3)nc3c(C)cccn23)n1. The topological polar surface area (TPSA) is 59.3 Å². The molecular weight excluding hydrogens is 368 g/mol. The Hall–Kier alpha value is -2.99. The Morgan fingerprint density at radius 2 is 1.89 bits per heavy atom. The third kappa shape index (κ3) is 3.43. The molecule has 0 saturated heterocycles. The Bertz CT molecular complexity index is 1190. The first-order chi connectivity index (χ1) is 13.4. The predicted octanol–water partition coefficient (Wildman–Crippen LogP) is 4.87. The van der Waals surface area contributed by atoms with E-state index in [2.05, 4.69) is 42.3 Å². The minimum Gasteiger partial charge on any atom is -0.303 e. The van der Waals surface area contributed by atoms with Gasteiger partial charge in [-0.1, -0.05) is 18.2 Å². The smallest absolute Gasteiger partial charge is 0.232 e. The van der Waals surface area contributed by atoms with Crippen LogP contribution < -0.4 is 5.32 Å². The molecule has 1 N–H and O–H groups in total. The van der Waals surface area contributed by atoms with Gasteiger partial charge in [-0.3, -0.25) is 4.79 Å². The van der Waals surface area contributed by atoms with E-state index in [-0.39, 0.29) is 12.3 Å². The summed E-state index contributed by atoms with van der Waals surface area (Å²) in [6.07, 6.45) is 2.20. The molecule has 4 aromatic rings. The molecule has 0 atom stereocenters. The van der Waals surface area contributed by atoms with Crippen molar-refractivity contribution in [2.75, 3.05) is 5.32 Å². The zero-order valence-corrected chi connectivity index (χ0v) is 17.2. The van der Waals surface area contributed by atoms with Crippen molar-refractivity contribution in [2.45, 2.75) is 34.1 Å². The molecule has 1 aromatic carbocycles. The first kappa shape index (κ1) is 18.4. The Kier molecular flexibility index (Phi) is 4.73. The molecule has 3 heterocycles. The fourth-order valence-corrected chi connectivity index (χ4v) is 3.97. The summed E-state index contributed by atoms with van der Waals surface area (Å²) in [5.74, 6) is -0.0947. The molecule has 1 amide bonds. The quantitative estimate of drug-likeness (QED) is 0.541. The van der Waals surface area contributed by atoms with Crippen molar-refractivity contribution in [3.05, 3.63) is 70.0 Å². The summed E-state index contributed by atoms with van der Waals surface area (Å²) in [5.41, 5.74) is 8.07. The molecule has 0 aliphatic rings. The lowest BCUT2D eigenvalue weighted by atomic mass is 10.0. The van der Waals surface area contributed by atoms with Gasteiger partial charge in [0.2, 0.25) is 5.91 Å². The van der Waals surface area contributed by atoms with Gasteiger partial charge in [0.25, 0.3) is 0 Å². The van der Waals surface area contributed by atoms with E-state index in [1.165, 1.54) is 22.5 Å². The van der Waals surface area contributed by atoms with Crippen LogP contribution in [0.1, 0.15) is 28.1 Å². The number of amides is 1. The fourth-order valence-electron chi connectivity index (χ4n) is 3.27. The van der Waals surface area contributed by atoms with Crippen molar-refractivity contribution >= 4 is 28.0 Å². The number of hydrogen-bond acceptors (Lipinski definition) is 4. The van der Waals surface area contributed by atoms with Gasteiger partial charge in [0, 0.05) is 17.1 Å². The minimum absolute atomic E-state index is 0.0947. The second-order valence-electron chi connectivity index (χ2n) is 7.11. The average Bonchev–Trinajstić information content (AvgIpc) is 3.22. The molecule has 5 nitrogen and oxygen atoms in total. The molecular formula is C22H22N4OS. The number of thiazole rings is 1. The highest BCUT2D eigenvalue weighted by Crippen LogP contribution is 2.28. The predicted molar refractivity (Wildman–Crippen MR) is 114 cm³/mol. The molecule has 28 heavy (non-hydrogen) atoms. The number of nitrogens with one attached hydrogen (secondary N) is 1. The number of aromatic nitrogens is 3. The number of carbonyl (C=O) groups is 1. The van der Waals surface area contributed by atoms with Gasteiger partial charge in [-0.15, -0.1) is 11.3 Å². The van der Waals surface area contributed by atoms with E-state index >= 15 is 0 Å². The Labute approximate surface area is 168 Å². The molecule has 3 aromatic heterocycles. The molecule has 0 unspecified atom stereocenters. The monoisotopic (exact) mass is 390 g/mol. The summed E-state index contributed by atoms with van der Waals surface area (Å²) in [7, 11) is 0. The summed E-state index contributed by atoms with van der Waals surface area (Å²) in [6.45, 7) is 8.14. The molecule has 0 aliphatic heterocycles. The number of aryl methyl sites for hydroxylation is 4. The van der Waals surface area contributed by atoms with Crippen molar-refractivity contribution in [1.82, 2.24) is 14.4 Å². The summed E-state index contributed by atoms with van der Waals surface area (Å²) in [6, 6.07) is 10.3. The van der Waals surface area contributed by atoms with Gasteiger partial charge in [0.05, 0.1) is 23.5 Å². The van der Waals surface area contributed by atoms with Gasteiger partial charge in [-0.25, -0.2) is 9.97 Å². The highest BCUT2D eigenvalue weighted by molar-refractivity contribution is 7.13. The second-order valence-corrected chi connectivity index (χ2v) is 7.97. The van der Waals surface area contributed by atoms with Crippen LogP contribution in [0.4, 0.5) is 5.13 Å². The van der Waals surface area contributed by atoms with Crippen molar-refractivity contribution in [3.63, 3.8) is 0 Å². The van der Waals surface area contributed by atoms with Gasteiger partial charge < -0.3 is 9.72 Å².